The van der Waals surface area contributed by atoms with Gasteiger partial charge in [-0.3, -0.25) is 0 Å². The van der Waals surface area contributed by atoms with Crippen molar-refractivity contribution in [2.45, 2.75) is 37.5 Å². The fourth-order valence-electron chi connectivity index (χ4n) is 3.00. The Morgan fingerprint density at radius 3 is 2.40 bits per heavy atom. The quantitative estimate of drug-likeness (QED) is 0.724. The van der Waals surface area contributed by atoms with Crippen LogP contribution in [0.15, 0.2) is 0 Å². The van der Waals surface area contributed by atoms with E-state index in [9.17, 15) is 14.7 Å². The third-order valence-electron chi connectivity index (χ3n) is 4.35. The number of aliphatic hydroxyl groups is 1. The van der Waals surface area contributed by atoms with Gasteiger partial charge in [-0.15, -0.1) is 0 Å². The average Bonchev–Trinajstić information content (AvgIpc) is 2.80. The van der Waals surface area contributed by atoms with Crippen LogP contribution in [0, 0.1) is 0 Å². The van der Waals surface area contributed by atoms with Gasteiger partial charge in [-0.2, -0.15) is 0 Å². The maximum absolute atomic E-state index is 12.5. The molecule has 0 radical (unpaired) electrons. The lowest BCUT2D eigenvalue weighted by Crippen LogP contribution is -2.52. The van der Waals surface area contributed by atoms with Gasteiger partial charge in [0.05, 0.1) is 6.10 Å². The van der Waals surface area contributed by atoms with E-state index in [2.05, 4.69) is 11.9 Å². The molecule has 2 atom stereocenters. The Kier molecular flexibility index (Phi) is 4.49. The number of piperidine rings is 1. The normalized spacial score (nSPS) is 28.6. The zero-order valence-corrected chi connectivity index (χ0v) is 12.0. The van der Waals surface area contributed by atoms with Crippen LogP contribution in [0.3, 0.4) is 0 Å². The number of β-amino-alcohol motifs (C(OH)–C–C–N with tert-alkyl or cyclic N) is 1. The van der Waals surface area contributed by atoms with Crippen LogP contribution in [0.2, 0.25) is 0 Å². The number of amides is 2. The first-order valence-electron chi connectivity index (χ1n) is 7.03. The van der Waals surface area contributed by atoms with Crippen LogP contribution in [0.4, 0.5) is 4.79 Å². The third-order valence-corrected chi connectivity index (χ3v) is 4.35. The summed E-state index contributed by atoms with van der Waals surface area (Å²) >= 11 is 0. The summed E-state index contributed by atoms with van der Waals surface area (Å²) in [6, 6.07) is -1.05. The molecule has 0 aromatic heterocycles. The molecule has 2 aliphatic heterocycles. The molecule has 2 fully saturated rings. The molecule has 0 bridgehead atoms. The van der Waals surface area contributed by atoms with Gasteiger partial charge in [0.15, 0.2) is 0 Å². The van der Waals surface area contributed by atoms with Crippen molar-refractivity contribution in [3.63, 3.8) is 0 Å². The van der Waals surface area contributed by atoms with Gasteiger partial charge >= 0.3 is 12.0 Å². The summed E-state index contributed by atoms with van der Waals surface area (Å²) < 4.78 is 0. The maximum Gasteiger partial charge on any atom is 0.326 e. The first-order chi connectivity index (χ1) is 9.40. The number of aliphatic hydroxyl groups excluding tert-OH is 1. The van der Waals surface area contributed by atoms with Crippen LogP contribution in [-0.4, -0.2) is 88.8 Å². The minimum atomic E-state index is -1.05. The van der Waals surface area contributed by atoms with E-state index in [0.29, 0.717) is 0 Å². The summed E-state index contributed by atoms with van der Waals surface area (Å²) in [5.41, 5.74) is 0. The Balaban J connectivity index is 2.00. The van der Waals surface area contributed by atoms with Crippen molar-refractivity contribution in [3.05, 3.63) is 0 Å². The van der Waals surface area contributed by atoms with E-state index in [1.807, 2.05) is 0 Å². The summed E-state index contributed by atoms with van der Waals surface area (Å²) in [6.45, 7) is 1.98. The van der Waals surface area contributed by atoms with Crippen LogP contribution >= 0.6 is 0 Å². The molecule has 0 unspecified atom stereocenters. The molecule has 7 heteroatoms. The fourth-order valence-corrected chi connectivity index (χ4v) is 3.00. The highest BCUT2D eigenvalue weighted by Gasteiger charge is 2.41. The van der Waals surface area contributed by atoms with E-state index in [0.717, 1.165) is 25.9 Å². The zero-order chi connectivity index (χ0) is 14.9. The molecular formula is C13H23N3O4. The van der Waals surface area contributed by atoms with Gasteiger partial charge < -0.3 is 24.9 Å². The molecule has 2 amide bonds. The Labute approximate surface area is 118 Å². The van der Waals surface area contributed by atoms with Gasteiger partial charge in [0.2, 0.25) is 0 Å². The highest BCUT2D eigenvalue weighted by atomic mass is 16.4. The van der Waals surface area contributed by atoms with Crippen molar-refractivity contribution in [2.24, 2.45) is 0 Å². The lowest BCUT2D eigenvalue weighted by Gasteiger charge is -2.37. The minimum absolute atomic E-state index is 0.104. The second-order valence-corrected chi connectivity index (χ2v) is 5.82. The average molecular weight is 285 g/mol. The van der Waals surface area contributed by atoms with Crippen LogP contribution in [0.5, 0.6) is 0 Å². The zero-order valence-electron chi connectivity index (χ0n) is 12.0. The van der Waals surface area contributed by atoms with Gasteiger partial charge in [-0.05, 0) is 33.0 Å². The maximum atomic E-state index is 12.5. The van der Waals surface area contributed by atoms with Crippen LogP contribution in [0.1, 0.15) is 19.3 Å². The van der Waals surface area contributed by atoms with Crippen LogP contribution in [0.25, 0.3) is 0 Å². The number of carboxylic acid groups (broad SMARTS) is 1. The smallest absolute Gasteiger partial charge is 0.326 e. The minimum Gasteiger partial charge on any atom is -0.480 e. The molecule has 2 aliphatic rings. The largest absolute Gasteiger partial charge is 0.480 e. The monoisotopic (exact) mass is 285 g/mol. The second-order valence-electron chi connectivity index (χ2n) is 5.82. The van der Waals surface area contributed by atoms with Crippen molar-refractivity contribution in [3.8, 4) is 0 Å². The Bertz CT molecular complexity index is 382. The van der Waals surface area contributed by atoms with Gasteiger partial charge in [-0.1, -0.05) is 0 Å². The Morgan fingerprint density at radius 2 is 1.85 bits per heavy atom. The Morgan fingerprint density at radius 1 is 1.25 bits per heavy atom. The standard InChI is InChI=1S/C13H23N3O4/c1-14-5-3-9(4-6-14)15(2)13(20)16-8-10(17)7-11(16)12(18)19/h9-11,17H,3-8H2,1-2H3,(H,18,19)/t10-,11-/m0/s1. The first kappa shape index (κ1) is 15.1. The van der Waals surface area contributed by atoms with Crippen LogP contribution in [-0.2, 0) is 4.79 Å². The second kappa shape index (κ2) is 5.97. The van der Waals surface area contributed by atoms with E-state index in [1.54, 1.807) is 11.9 Å². The van der Waals surface area contributed by atoms with Crippen molar-refractivity contribution >= 4 is 12.0 Å². The molecule has 2 N–H and O–H groups in total. The lowest BCUT2D eigenvalue weighted by atomic mass is 10.0. The molecule has 0 aliphatic carbocycles. The molecule has 20 heavy (non-hydrogen) atoms. The van der Waals surface area contributed by atoms with E-state index in [4.69, 9.17) is 5.11 Å². The molecule has 7 nitrogen and oxygen atoms in total. The van der Waals surface area contributed by atoms with Crippen molar-refractivity contribution in [2.75, 3.05) is 33.7 Å². The number of urea groups is 1. The molecule has 0 aromatic rings. The Hall–Kier alpha value is -1.34. The molecule has 2 rings (SSSR count). The summed E-state index contributed by atoms with van der Waals surface area (Å²) in [5, 5.41) is 18.8. The number of carbonyl (C=O) groups excluding carboxylic acids is 1. The number of hydrogen-bond donors (Lipinski definition) is 2. The van der Waals surface area contributed by atoms with Crippen LogP contribution < -0.4 is 0 Å². The number of nitrogens with zero attached hydrogens (tertiary/aromatic N) is 3. The lowest BCUT2D eigenvalue weighted by molar-refractivity contribution is -0.141. The van der Waals surface area contributed by atoms with Crippen molar-refractivity contribution in [1.29, 1.82) is 0 Å². The molecule has 0 spiro atoms. The molecule has 0 saturated carbocycles. The molecule has 2 heterocycles. The summed E-state index contributed by atoms with van der Waals surface area (Å²) in [7, 11) is 3.78. The molecule has 0 aromatic carbocycles. The predicted octanol–water partition coefficient (Wildman–Crippen LogP) is -0.348. The third kappa shape index (κ3) is 3.04. The van der Waals surface area contributed by atoms with E-state index in [1.165, 1.54) is 4.90 Å². The molecule has 114 valence electrons. The van der Waals surface area contributed by atoms with Crippen molar-refractivity contribution in [1.82, 2.24) is 14.7 Å². The number of hydrogen-bond acceptors (Lipinski definition) is 4. The SMILES string of the molecule is CN1CCC(N(C)C(=O)N2C[C@@H](O)C[C@H]2C(=O)O)CC1. The summed E-state index contributed by atoms with van der Waals surface area (Å²) in [6.07, 6.45) is 1.16. The first-order valence-corrected chi connectivity index (χ1v) is 7.03. The number of carbonyl (C=O) groups is 2. The highest BCUT2D eigenvalue weighted by Crippen LogP contribution is 2.22. The number of carboxylic acids is 1. The molecule has 2 saturated heterocycles. The van der Waals surface area contributed by atoms with Gasteiger partial charge in [-0.25, -0.2) is 9.59 Å². The number of aliphatic carboxylic acids is 1. The van der Waals surface area contributed by atoms with Gasteiger partial charge in [0.1, 0.15) is 6.04 Å². The van der Waals surface area contributed by atoms with E-state index in [-0.39, 0.29) is 25.0 Å². The van der Waals surface area contributed by atoms with Gasteiger partial charge in [0.25, 0.3) is 0 Å². The highest BCUT2D eigenvalue weighted by molar-refractivity contribution is 5.83. The molecular weight excluding hydrogens is 262 g/mol. The fraction of sp³-hybridized carbons (Fsp3) is 0.846. The number of rotatable bonds is 2. The van der Waals surface area contributed by atoms with Gasteiger partial charge in [0, 0.05) is 26.1 Å². The van der Waals surface area contributed by atoms with E-state index < -0.39 is 18.1 Å². The summed E-state index contributed by atoms with van der Waals surface area (Å²) in [5.74, 6) is -1.05. The predicted molar refractivity (Wildman–Crippen MR) is 72.4 cm³/mol. The summed E-state index contributed by atoms with van der Waals surface area (Å²) in [4.78, 5) is 28.8. The topological polar surface area (TPSA) is 84.3 Å². The van der Waals surface area contributed by atoms with E-state index >= 15 is 0 Å². The van der Waals surface area contributed by atoms with Crippen molar-refractivity contribution < 1.29 is 19.8 Å². The number of likely N-dealkylation sites (tertiary alicyclic amines) is 2.